The Morgan fingerprint density at radius 1 is 1.06 bits per heavy atom. The van der Waals surface area contributed by atoms with E-state index in [4.69, 9.17) is 4.98 Å². The molecule has 1 aromatic carbocycles. The van der Waals surface area contributed by atoms with Crippen LogP contribution in [0.4, 0.5) is 11.5 Å². The van der Waals surface area contributed by atoms with Crippen LogP contribution in [0, 0.1) is 6.92 Å². The summed E-state index contributed by atoms with van der Waals surface area (Å²) in [7, 11) is 4.03. The van der Waals surface area contributed by atoms with Crippen molar-refractivity contribution in [2.24, 2.45) is 0 Å². The fourth-order valence-electron chi connectivity index (χ4n) is 4.94. The summed E-state index contributed by atoms with van der Waals surface area (Å²) in [6.45, 7) is 6.15. The smallest absolute Gasteiger partial charge is 0.224 e. The lowest BCUT2D eigenvalue weighted by Crippen LogP contribution is -2.44. The van der Waals surface area contributed by atoms with E-state index in [-0.39, 0.29) is 24.7 Å². The largest absolute Gasteiger partial charge is 0.354 e. The summed E-state index contributed by atoms with van der Waals surface area (Å²) >= 11 is 0. The van der Waals surface area contributed by atoms with Gasteiger partial charge in [-0.1, -0.05) is 19.3 Å². The number of aryl methyl sites for hydroxylation is 1. The zero-order valence-electron chi connectivity index (χ0n) is 20.3. The summed E-state index contributed by atoms with van der Waals surface area (Å²) in [5, 5.41) is 4.01. The highest BCUT2D eigenvalue weighted by molar-refractivity contribution is 5.96. The molecular formula is C26H37N5O2. The molecule has 7 nitrogen and oxygen atoms in total. The van der Waals surface area contributed by atoms with Crippen molar-refractivity contribution in [2.75, 3.05) is 50.5 Å². The van der Waals surface area contributed by atoms with Crippen LogP contribution < -0.4 is 10.2 Å². The monoisotopic (exact) mass is 451 g/mol. The van der Waals surface area contributed by atoms with E-state index in [2.05, 4.69) is 35.2 Å². The Bertz CT molecular complexity index is 994. The van der Waals surface area contributed by atoms with Crippen LogP contribution in [-0.2, 0) is 9.59 Å². The molecule has 2 aromatic rings. The van der Waals surface area contributed by atoms with Crippen LogP contribution in [0.5, 0.6) is 0 Å². The normalized spacial score (nSPS) is 17.8. The number of benzene rings is 1. The Kier molecular flexibility index (Phi) is 7.48. The molecule has 0 radical (unpaired) electrons. The number of nitrogens with one attached hydrogen (secondary N) is 1. The molecule has 1 N–H and O–H groups in total. The Morgan fingerprint density at radius 3 is 2.52 bits per heavy atom. The molecule has 2 amide bonds. The Labute approximate surface area is 197 Å². The van der Waals surface area contributed by atoms with Crippen molar-refractivity contribution in [3.8, 4) is 0 Å². The van der Waals surface area contributed by atoms with Crippen LogP contribution in [0.3, 0.4) is 0 Å². The summed E-state index contributed by atoms with van der Waals surface area (Å²) in [6, 6.07) is 8.33. The fraction of sp³-hybridized carbons (Fsp3) is 0.577. The Balaban J connectivity index is 1.35. The van der Waals surface area contributed by atoms with E-state index < -0.39 is 0 Å². The number of likely N-dealkylation sites (N-methyl/N-ethyl adjacent to an activating group) is 1. The van der Waals surface area contributed by atoms with Crippen LogP contribution in [0.2, 0.25) is 0 Å². The van der Waals surface area contributed by atoms with Gasteiger partial charge in [-0.2, -0.15) is 0 Å². The van der Waals surface area contributed by atoms with Crippen LogP contribution in [0.25, 0.3) is 10.9 Å². The van der Waals surface area contributed by atoms with Crippen molar-refractivity contribution < 1.29 is 9.59 Å². The molecule has 1 aliphatic heterocycles. The van der Waals surface area contributed by atoms with Gasteiger partial charge in [-0.25, -0.2) is 4.98 Å². The number of pyridine rings is 1. The van der Waals surface area contributed by atoms with Crippen molar-refractivity contribution in [3.63, 3.8) is 0 Å². The number of hydrogen-bond donors (Lipinski definition) is 1. The first kappa shape index (κ1) is 23.5. The molecule has 2 heterocycles. The molecule has 0 atom stereocenters. The van der Waals surface area contributed by atoms with E-state index in [1.165, 1.54) is 19.3 Å². The molecule has 1 aliphatic carbocycles. The topological polar surface area (TPSA) is 68.8 Å². The lowest BCUT2D eigenvalue weighted by atomic mass is 9.94. The predicted molar refractivity (Wildman–Crippen MR) is 134 cm³/mol. The van der Waals surface area contributed by atoms with Crippen LogP contribution >= 0.6 is 0 Å². The van der Waals surface area contributed by atoms with Gasteiger partial charge in [-0.3, -0.25) is 9.59 Å². The summed E-state index contributed by atoms with van der Waals surface area (Å²) < 4.78 is 0. The van der Waals surface area contributed by atoms with Gasteiger partial charge in [-0.15, -0.1) is 0 Å². The summed E-state index contributed by atoms with van der Waals surface area (Å²) in [5.74, 6) is 0.955. The number of piperazine rings is 1. The van der Waals surface area contributed by atoms with Crippen molar-refractivity contribution in [1.82, 2.24) is 14.8 Å². The van der Waals surface area contributed by atoms with Gasteiger partial charge in [0, 0.05) is 63.2 Å². The van der Waals surface area contributed by atoms with Gasteiger partial charge in [-0.05, 0) is 56.6 Å². The minimum Gasteiger partial charge on any atom is -0.354 e. The minimum absolute atomic E-state index is 0.0621. The molecule has 7 heteroatoms. The van der Waals surface area contributed by atoms with Gasteiger partial charge in [0.1, 0.15) is 5.82 Å². The second kappa shape index (κ2) is 10.5. The van der Waals surface area contributed by atoms with Gasteiger partial charge in [0.25, 0.3) is 0 Å². The standard InChI is InChI=1S/C26H37N5O2/c1-19-17-24(31-15-13-29(2)14-16-31)28-23-10-9-20(18-22(19)23)27-25(32)11-12-26(33)30(3)21-7-5-4-6-8-21/h9-10,17-18,21H,4-8,11-16H2,1-3H3,(H,27,32). The molecule has 33 heavy (non-hydrogen) atoms. The number of nitrogens with zero attached hydrogens (tertiary/aromatic N) is 4. The molecule has 2 aliphatic rings. The maximum Gasteiger partial charge on any atom is 0.224 e. The molecular weight excluding hydrogens is 414 g/mol. The van der Waals surface area contributed by atoms with Crippen molar-refractivity contribution in [3.05, 3.63) is 29.8 Å². The SMILES string of the molecule is Cc1cc(N2CCN(C)CC2)nc2ccc(NC(=O)CCC(=O)N(C)C3CCCCC3)cc12. The second-order valence-electron chi connectivity index (χ2n) is 9.66. The number of carbonyl (C=O) groups is 2. The van der Waals surface area contributed by atoms with E-state index in [9.17, 15) is 9.59 Å². The number of rotatable bonds is 6. The molecule has 1 aromatic heterocycles. The van der Waals surface area contributed by atoms with Crippen LogP contribution in [0.15, 0.2) is 24.3 Å². The summed E-state index contributed by atoms with van der Waals surface area (Å²) in [4.78, 5) is 36.4. The van der Waals surface area contributed by atoms with Crippen molar-refractivity contribution in [1.29, 1.82) is 0 Å². The number of hydrogen-bond acceptors (Lipinski definition) is 5. The van der Waals surface area contributed by atoms with E-state index >= 15 is 0 Å². The lowest BCUT2D eigenvalue weighted by molar-refractivity contribution is -0.134. The lowest BCUT2D eigenvalue weighted by Gasteiger charge is -2.33. The molecule has 4 rings (SSSR count). The third-order valence-corrected chi connectivity index (χ3v) is 7.19. The van der Waals surface area contributed by atoms with Crippen molar-refractivity contribution in [2.45, 2.75) is 57.9 Å². The molecule has 1 saturated heterocycles. The van der Waals surface area contributed by atoms with Crippen LogP contribution in [0.1, 0.15) is 50.5 Å². The quantitative estimate of drug-likeness (QED) is 0.723. The van der Waals surface area contributed by atoms with E-state index in [0.29, 0.717) is 6.04 Å². The highest BCUT2D eigenvalue weighted by atomic mass is 16.2. The molecule has 0 bridgehead atoms. The summed E-state index contributed by atoms with van der Waals surface area (Å²) in [5.41, 5.74) is 2.83. The molecule has 0 unspecified atom stereocenters. The first-order chi connectivity index (χ1) is 15.9. The third-order valence-electron chi connectivity index (χ3n) is 7.19. The van der Waals surface area contributed by atoms with Gasteiger partial charge in [0.15, 0.2) is 0 Å². The second-order valence-corrected chi connectivity index (χ2v) is 9.66. The number of fused-ring (bicyclic) bond motifs is 1. The number of carbonyl (C=O) groups excluding carboxylic acids is 2. The molecule has 0 spiro atoms. The zero-order chi connectivity index (χ0) is 23.4. The van der Waals surface area contributed by atoms with Gasteiger partial charge in [0.05, 0.1) is 5.52 Å². The third kappa shape index (κ3) is 5.82. The summed E-state index contributed by atoms with van der Waals surface area (Å²) in [6.07, 6.45) is 6.25. The average molecular weight is 452 g/mol. The number of amides is 2. The van der Waals surface area contributed by atoms with Crippen LogP contribution in [-0.4, -0.2) is 72.9 Å². The zero-order valence-corrected chi connectivity index (χ0v) is 20.3. The predicted octanol–water partition coefficient (Wildman–Crippen LogP) is 3.80. The first-order valence-electron chi connectivity index (χ1n) is 12.3. The molecule has 1 saturated carbocycles. The van der Waals surface area contributed by atoms with Gasteiger partial charge < -0.3 is 20.0 Å². The molecule has 178 valence electrons. The van der Waals surface area contributed by atoms with E-state index in [1.54, 1.807) is 0 Å². The van der Waals surface area contributed by atoms with Crippen molar-refractivity contribution >= 4 is 34.2 Å². The number of anilines is 2. The fourth-order valence-corrected chi connectivity index (χ4v) is 4.94. The highest BCUT2D eigenvalue weighted by Gasteiger charge is 2.22. The first-order valence-corrected chi connectivity index (χ1v) is 12.3. The average Bonchev–Trinajstić information content (AvgIpc) is 2.83. The Hall–Kier alpha value is -2.67. The van der Waals surface area contributed by atoms with Gasteiger partial charge >= 0.3 is 0 Å². The van der Waals surface area contributed by atoms with E-state index in [0.717, 1.165) is 67.0 Å². The highest BCUT2D eigenvalue weighted by Crippen LogP contribution is 2.26. The maximum absolute atomic E-state index is 12.5. The van der Waals surface area contributed by atoms with E-state index in [1.807, 2.05) is 30.1 Å². The molecule has 2 fully saturated rings. The Morgan fingerprint density at radius 2 is 1.79 bits per heavy atom. The minimum atomic E-state index is -0.126. The maximum atomic E-state index is 12.5. The van der Waals surface area contributed by atoms with Gasteiger partial charge in [0.2, 0.25) is 11.8 Å². The number of aromatic nitrogens is 1.